The summed E-state index contributed by atoms with van der Waals surface area (Å²) in [5.41, 5.74) is 4.28. The van der Waals surface area contributed by atoms with E-state index >= 15 is 0 Å². The number of hydrogen-bond donors (Lipinski definition) is 3. The predicted molar refractivity (Wildman–Crippen MR) is 180 cm³/mol. The fourth-order valence-corrected chi connectivity index (χ4v) is 6.29. The first-order valence-corrected chi connectivity index (χ1v) is 15.8. The van der Waals surface area contributed by atoms with Gasteiger partial charge in [0, 0.05) is 43.9 Å². The standard InChI is InChI=1S/C37H40ClN3O5/c1-41(37(43)44)34(33(26-12-5-3-6-13-26)27-14-7-4-8-15-27)36(42)40-31-16-10-9-11-25(31)19-22-30-23-39-24-32(46-30)35(45-2)28-17-20-29(38)21-18-28/h3-18,20-21,30,32-35,39H,19,22-24H2,1-2H3,(H,40,42)(H,43,44)/t30-,32+,34+,35?/m1/s1. The van der Waals surface area contributed by atoms with E-state index in [0.717, 1.165) is 27.2 Å². The van der Waals surface area contributed by atoms with Crippen molar-refractivity contribution >= 4 is 29.3 Å². The highest BCUT2D eigenvalue weighted by Crippen LogP contribution is 2.33. The van der Waals surface area contributed by atoms with Gasteiger partial charge in [-0.3, -0.25) is 9.69 Å². The quantitative estimate of drug-likeness (QED) is 0.158. The summed E-state index contributed by atoms with van der Waals surface area (Å²) in [6.07, 6.45) is -0.324. The molecule has 4 atom stereocenters. The number of carboxylic acid groups (broad SMARTS) is 1. The Balaban J connectivity index is 1.33. The number of carbonyl (C=O) groups is 2. The molecule has 2 amide bonds. The van der Waals surface area contributed by atoms with Gasteiger partial charge in [0.25, 0.3) is 0 Å². The molecule has 5 rings (SSSR count). The molecule has 0 bridgehead atoms. The van der Waals surface area contributed by atoms with Crippen LogP contribution in [0.3, 0.4) is 0 Å². The van der Waals surface area contributed by atoms with Crippen LogP contribution in [0.1, 0.15) is 40.7 Å². The fraction of sp³-hybridized carbons (Fsp3) is 0.297. The number of likely N-dealkylation sites (N-methyl/N-ethyl adjacent to an activating group) is 1. The van der Waals surface area contributed by atoms with Crippen molar-refractivity contribution < 1.29 is 24.2 Å². The number of nitrogens with one attached hydrogen (secondary N) is 2. The number of hydrogen-bond acceptors (Lipinski definition) is 5. The van der Waals surface area contributed by atoms with Gasteiger partial charge in [-0.2, -0.15) is 0 Å². The van der Waals surface area contributed by atoms with Crippen LogP contribution in [-0.2, 0) is 20.7 Å². The molecule has 1 unspecified atom stereocenters. The number of morpholine rings is 1. The van der Waals surface area contributed by atoms with Crippen LogP contribution in [0.5, 0.6) is 0 Å². The van der Waals surface area contributed by atoms with Gasteiger partial charge in [0.2, 0.25) is 5.91 Å². The van der Waals surface area contributed by atoms with Crippen molar-refractivity contribution in [2.24, 2.45) is 0 Å². The fourth-order valence-electron chi connectivity index (χ4n) is 6.16. The van der Waals surface area contributed by atoms with Gasteiger partial charge < -0.3 is 25.2 Å². The van der Waals surface area contributed by atoms with Crippen LogP contribution in [0.15, 0.2) is 109 Å². The zero-order valence-electron chi connectivity index (χ0n) is 26.0. The molecule has 46 heavy (non-hydrogen) atoms. The summed E-state index contributed by atoms with van der Waals surface area (Å²) in [5, 5.41) is 17.3. The van der Waals surface area contributed by atoms with Gasteiger partial charge in [0.1, 0.15) is 18.2 Å². The molecule has 0 radical (unpaired) electrons. The molecule has 1 saturated heterocycles. The van der Waals surface area contributed by atoms with E-state index in [1.54, 1.807) is 7.11 Å². The number of nitrogens with zero attached hydrogens (tertiary/aromatic N) is 1. The van der Waals surface area contributed by atoms with E-state index in [1.165, 1.54) is 7.05 Å². The Morgan fingerprint density at radius 3 is 2.13 bits per heavy atom. The maximum Gasteiger partial charge on any atom is 0.407 e. The summed E-state index contributed by atoms with van der Waals surface area (Å²) in [7, 11) is 3.12. The molecule has 4 aromatic rings. The number of halogens is 1. The Morgan fingerprint density at radius 1 is 0.913 bits per heavy atom. The zero-order valence-corrected chi connectivity index (χ0v) is 26.8. The van der Waals surface area contributed by atoms with E-state index in [0.29, 0.717) is 36.6 Å². The van der Waals surface area contributed by atoms with Crippen molar-refractivity contribution in [3.05, 3.63) is 136 Å². The first kappa shape index (κ1) is 33.2. The van der Waals surface area contributed by atoms with E-state index in [1.807, 2.05) is 109 Å². The minimum atomic E-state index is -1.19. The Kier molecular flexibility index (Phi) is 11.4. The summed E-state index contributed by atoms with van der Waals surface area (Å²) in [6.45, 7) is 1.36. The van der Waals surface area contributed by atoms with Gasteiger partial charge in [-0.25, -0.2) is 4.79 Å². The number of aryl methyl sites for hydroxylation is 1. The SMILES string of the molecule is COC(c1ccc(Cl)cc1)[C@@H]1CNC[C@@H](CCc2ccccc2NC(=O)[C@H](C(c2ccccc2)c2ccccc2)N(C)C(=O)O)O1. The van der Waals surface area contributed by atoms with Gasteiger partial charge in [-0.05, 0) is 53.3 Å². The average molecular weight is 642 g/mol. The lowest BCUT2D eigenvalue weighted by molar-refractivity contribution is -0.120. The molecule has 9 heteroatoms. The summed E-state index contributed by atoms with van der Waals surface area (Å²) in [4.78, 5) is 27.6. The maximum atomic E-state index is 14.1. The monoisotopic (exact) mass is 641 g/mol. The van der Waals surface area contributed by atoms with E-state index in [-0.39, 0.29) is 18.3 Å². The number of anilines is 1. The van der Waals surface area contributed by atoms with Crippen LogP contribution in [0.4, 0.5) is 10.5 Å². The largest absolute Gasteiger partial charge is 0.465 e. The second kappa shape index (κ2) is 15.9. The molecular weight excluding hydrogens is 602 g/mol. The van der Waals surface area contributed by atoms with Crippen LogP contribution in [0.2, 0.25) is 5.02 Å². The van der Waals surface area contributed by atoms with Gasteiger partial charge in [0.15, 0.2) is 0 Å². The highest BCUT2D eigenvalue weighted by atomic mass is 35.5. The normalized spacial score (nSPS) is 17.7. The van der Waals surface area contributed by atoms with Crippen molar-refractivity contribution in [1.82, 2.24) is 10.2 Å². The minimum Gasteiger partial charge on any atom is -0.465 e. The lowest BCUT2D eigenvalue weighted by Gasteiger charge is -2.35. The van der Waals surface area contributed by atoms with Crippen molar-refractivity contribution in [1.29, 1.82) is 0 Å². The number of benzene rings is 4. The maximum absolute atomic E-state index is 14.1. The van der Waals surface area contributed by atoms with Crippen LogP contribution >= 0.6 is 11.6 Å². The third kappa shape index (κ3) is 8.13. The first-order chi connectivity index (χ1) is 22.4. The topological polar surface area (TPSA) is 100 Å². The smallest absolute Gasteiger partial charge is 0.407 e. The summed E-state index contributed by atoms with van der Waals surface area (Å²) in [5.74, 6) is -0.930. The minimum absolute atomic E-state index is 0.0705. The second-order valence-corrected chi connectivity index (χ2v) is 11.9. The van der Waals surface area contributed by atoms with E-state index in [9.17, 15) is 14.7 Å². The van der Waals surface area contributed by atoms with Crippen LogP contribution in [-0.4, -0.2) is 67.5 Å². The van der Waals surface area contributed by atoms with E-state index < -0.39 is 24.0 Å². The van der Waals surface area contributed by atoms with Crippen LogP contribution < -0.4 is 10.6 Å². The van der Waals surface area contributed by atoms with Crippen molar-refractivity contribution in [3.63, 3.8) is 0 Å². The van der Waals surface area contributed by atoms with Crippen LogP contribution in [0, 0.1) is 0 Å². The molecule has 1 fully saturated rings. The highest BCUT2D eigenvalue weighted by Gasteiger charge is 2.37. The number of para-hydroxylation sites is 1. The molecule has 0 saturated carbocycles. The molecule has 8 nitrogen and oxygen atoms in total. The Labute approximate surface area is 275 Å². The summed E-state index contributed by atoms with van der Waals surface area (Å²) < 4.78 is 12.3. The third-order valence-corrected chi connectivity index (χ3v) is 8.76. The molecule has 3 N–H and O–H groups in total. The molecule has 1 heterocycles. The van der Waals surface area contributed by atoms with Crippen molar-refractivity contribution in [2.75, 3.05) is 32.6 Å². The van der Waals surface area contributed by atoms with E-state index in [4.69, 9.17) is 21.1 Å². The van der Waals surface area contributed by atoms with Crippen molar-refractivity contribution in [2.45, 2.75) is 43.1 Å². The lowest BCUT2D eigenvalue weighted by Crippen LogP contribution is -2.48. The third-order valence-electron chi connectivity index (χ3n) is 8.51. The Morgan fingerprint density at radius 2 is 1.52 bits per heavy atom. The second-order valence-electron chi connectivity index (χ2n) is 11.5. The average Bonchev–Trinajstić information content (AvgIpc) is 3.08. The molecule has 1 aliphatic heterocycles. The molecule has 1 aliphatic rings. The van der Waals surface area contributed by atoms with Gasteiger partial charge in [-0.15, -0.1) is 0 Å². The number of amides is 2. The Hall–Kier alpha value is -4.21. The molecule has 240 valence electrons. The van der Waals surface area contributed by atoms with Crippen molar-refractivity contribution in [3.8, 4) is 0 Å². The summed E-state index contributed by atoms with van der Waals surface area (Å²) >= 11 is 6.09. The number of rotatable bonds is 12. The number of carbonyl (C=O) groups excluding carboxylic acids is 1. The molecule has 0 spiro atoms. The van der Waals surface area contributed by atoms with Crippen LogP contribution in [0.25, 0.3) is 0 Å². The zero-order chi connectivity index (χ0) is 32.5. The highest BCUT2D eigenvalue weighted by molar-refractivity contribution is 6.30. The molecule has 0 aromatic heterocycles. The summed E-state index contributed by atoms with van der Waals surface area (Å²) in [6, 6.07) is 33.3. The predicted octanol–water partition coefficient (Wildman–Crippen LogP) is 6.77. The van der Waals surface area contributed by atoms with Gasteiger partial charge >= 0.3 is 6.09 Å². The molecule has 4 aromatic carbocycles. The van der Waals surface area contributed by atoms with Gasteiger partial charge in [-0.1, -0.05) is 103 Å². The number of methoxy groups -OCH3 is 1. The molecular formula is C37H40ClN3O5. The van der Waals surface area contributed by atoms with Gasteiger partial charge in [0.05, 0.1) is 6.10 Å². The molecule has 0 aliphatic carbocycles. The van der Waals surface area contributed by atoms with E-state index in [2.05, 4.69) is 10.6 Å². The first-order valence-electron chi connectivity index (χ1n) is 15.4. The Bertz CT molecular complexity index is 1530. The lowest BCUT2D eigenvalue weighted by atomic mass is 9.84. The number of ether oxygens (including phenoxy) is 2.